The van der Waals surface area contributed by atoms with Gasteiger partial charge in [0.25, 0.3) is 0 Å². The van der Waals surface area contributed by atoms with Crippen molar-refractivity contribution in [2.45, 2.75) is 25.7 Å². The minimum Gasteiger partial charge on any atom is -0.195 e. The van der Waals surface area contributed by atoms with E-state index in [1.54, 1.807) is 0 Å². The second-order valence-corrected chi connectivity index (χ2v) is 5.55. The molecule has 0 aromatic carbocycles. The Morgan fingerprint density at radius 3 is 2.17 bits per heavy atom. The second-order valence-electron chi connectivity index (χ2n) is 4.14. The summed E-state index contributed by atoms with van der Waals surface area (Å²) in [7, 11) is -4.21. The van der Waals surface area contributed by atoms with Crippen LogP contribution in [0.2, 0.25) is 0 Å². The van der Waals surface area contributed by atoms with Crippen LogP contribution in [-0.4, -0.2) is 14.2 Å². The Kier molecular flexibility index (Phi) is 1.90. The zero-order valence-corrected chi connectivity index (χ0v) is 7.69. The Balaban J connectivity index is 1.74. The van der Waals surface area contributed by atoms with E-state index in [1.807, 2.05) is 0 Å². The zero-order valence-electron chi connectivity index (χ0n) is 6.87. The monoisotopic (exact) mass is 192 g/mol. The molecule has 0 unspecified atom stereocenters. The van der Waals surface area contributed by atoms with Crippen molar-refractivity contribution in [3.63, 3.8) is 0 Å². The fraction of sp³-hybridized carbons (Fsp3) is 1.00. The first-order chi connectivity index (χ1) is 5.54. The molecule has 0 aliphatic heterocycles. The predicted octanol–water partition coefficient (Wildman–Crippen LogP) is 1.72. The van der Waals surface area contributed by atoms with Gasteiger partial charge in [0.1, 0.15) is 0 Å². The van der Waals surface area contributed by atoms with Gasteiger partial charge in [-0.25, -0.2) is 0 Å². The molecule has 0 N–H and O–H groups in total. The van der Waals surface area contributed by atoms with Gasteiger partial charge in [0.15, 0.2) is 0 Å². The van der Waals surface area contributed by atoms with Gasteiger partial charge < -0.3 is 0 Å². The Morgan fingerprint density at radius 2 is 1.75 bits per heavy atom. The van der Waals surface area contributed by atoms with Gasteiger partial charge in [-0.15, -0.1) is 3.89 Å². The van der Waals surface area contributed by atoms with Gasteiger partial charge in [0.2, 0.25) is 0 Å². The highest BCUT2D eigenvalue weighted by Crippen LogP contribution is 2.49. The summed E-state index contributed by atoms with van der Waals surface area (Å²) in [5.74, 6) is 1.45. The van der Waals surface area contributed by atoms with Crippen LogP contribution in [0.15, 0.2) is 0 Å². The van der Waals surface area contributed by atoms with Gasteiger partial charge in [0.05, 0.1) is 5.75 Å². The third-order valence-electron chi connectivity index (χ3n) is 3.00. The highest BCUT2D eigenvalue weighted by Gasteiger charge is 2.41. The standard InChI is InChI=1S/C8H13FO2S/c9-12(10,11)5-6-3-8(4-6)7-1-2-7/h6-8H,1-5H2. The highest BCUT2D eigenvalue weighted by atomic mass is 32.3. The van der Waals surface area contributed by atoms with Crippen molar-refractivity contribution in [1.29, 1.82) is 0 Å². The van der Waals surface area contributed by atoms with Gasteiger partial charge >= 0.3 is 10.2 Å². The van der Waals surface area contributed by atoms with Crippen LogP contribution in [0, 0.1) is 17.8 Å². The van der Waals surface area contributed by atoms with E-state index in [1.165, 1.54) is 12.8 Å². The fourth-order valence-electron chi connectivity index (χ4n) is 2.16. The van der Waals surface area contributed by atoms with Crippen molar-refractivity contribution in [3.8, 4) is 0 Å². The minimum absolute atomic E-state index is 0.116. The second kappa shape index (κ2) is 2.69. The van der Waals surface area contributed by atoms with Crippen LogP contribution < -0.4 is 0 Å². The lowest BCUT2D eigenvalue weighted by Crippen LogP contribution is -2.29. The third kappa shape index (κ3) is 1.97. The molecule has 2 saturated carbocycles. The lowest BCUT2D eigenvalue weighted by atomic mass is 9.73. The van der Waals surface area contributed by atoms with Crippen LogP contribution >= 0.6 is 0 Å². The molecule has 12 heavy (non-hydrogen) atoms. The topological polar surface area (TPSA) is 34.1 Å². The van der Waals surface area contributed by atoms with Crippen molar-refractivity contribution < 1.29 is 12.3 Å². The molecular weight excluding hydrogens is 179 g/mol. The lowest BCUT2D eigenvalue weighted by molar-refractivity contribution is 0.186. The molecule has 0 bridgehead atoms. The van der Waals surface area contributed by atoms with E-state index < -0.39 is 10.2 Å². The Bertz CT molecular complexity index is 263. The molecule has 0 aromatic rings. The van der Waals surface area contributed by atoms with Gasteiger partial charge in [-0.2, -0.15) is 8.42 Å². The van der Waals surface area contributed by atoms with Crippen LogP contribution in [0.1, 0.15) is 25.7 Å². The maximum absolute atomic E-state index is 12.2. The molecule has 70 valence electrons. The first-order valence-electron chi connectivity index (χ1n) is 4.47. The number of hydrogen-bond acceptors (Lipinski definition) is 2. The Morgan fingerprint density at radius 1 is 1.17 bits per heavy atom. The maximum Gasteiger partial charge on any atom is 0.302 e. The van der Waals surface area contributed by atoms with E-state index in [9.17, 15) is 12.3 Å². The average Bonchev–Trinajstić information content (AvgIpc) is 2.56. The first kappa shape index (κ1) is 8.48. The summed E-state index contributed by atoms with van der Waals surface area (Å²) >= 11 is 0. The summed E-state index contributed by atoms with van der Waals surface area (Å²) < 4.78 is 32.7. The molecule has 0 atom stereocenters. The molecule has 2 fully saturated rings. The van der Waals surface area contributed by atoms with Crippen molar-refractivity contribution in [2.75, 3.05) is 5.75 Å². The predicted molar refractivity (Wildman–Crippen MR) is 43.8 cm³/mol. The fourth-order valence-corrected chi connectivity index (χ4v) is 2.99. The molecule has 0 amide bonds. The van der Waals surface area contributed by atoms with Crippen LogP contribution in [0.3, 0.4) is 0 Å². The van der Waals surface area contributed by atoms with Crippen LogP contribution in [0.5, 0.6) is 0 Å². The molecule has 2 aliphatic rings. The molecule has 0 spiro atoms. The van der Waals surface area contributed by atoms with Crippen molar-refractivity contribution in [3.05, 3.63) is 0 Å². The zero-order chi connectivity index (χ0) is 8.77. The van der Waals surface area contributed by atoms with Crippen molar-refractivity contribution in [1.82, 2.24) is 0 Å². The number of halogens is 1. The van der Waals surface area contributed by atoms with E-state index in [4.69, 9.17) is 0 Å². The summed E-state index contributed by atoms with van der Waals surface area (Å²) in [6, 6.07) is 0. The molecule has 4 heteroatoms. The molecule has 0 aromatic heterocycles. The maximum atomic E-state index is 12.2. The molecule has 2 aliphatic carbocycles. The molecule has 0 heterocycles. The molecule has 2 rings (SSSR count). The van der Waals surface area contributed by atoms with Gasteiger partial charge in [0, 0.05) is 0 Å². The van der Waals surface area contributed by atoms with Gasteiger partial charge in [-0.1, -0.05) is 0 Å². The SMILES string of the molecule is O=S(=O)(F)CC1CC(C2CC2)C1. The van der Waals surface area contributed by atoms with Crippen LogP contribution in [0.4, 0.5) is 3.89 Å². The van der Waals surface area contributed by atoms with Crippen LogP contribution in [0.25, 0.3) is 0 Å². The molecule has 2 nitrogen and oxygen atoms in total. The smallest absolute Gasteiger partial charge is 0.195 e. The third-order valence-corrected chi connectivity index (χ3v) is 3.87. The largest absolute Gasteiger partial charge is 0.302 e. The molecule has 0 radical (unpaired) electrons. The van der Waals surface area contributed by atoms with Crippen molar-refractivity contribution >= 4 is 10.2 Å². The first-order valence-corrected chi connectivity index (χ1v) is 6.02. The number of rotatable bonds is 3. The Labute approximate surface area is 72.4 Å². The highest BCUT2D eigenvalue weighted by molar-refractivity contribution is 7.86. The summed E-state index contributed by atoms with van der Waals surface area (Å²) in [5.41, 5.74) is 0. The molecular formula is C8H13FO2S. The normalized spacial score (nSPS) is 36.1. The summed E-state index contributed by atoms with van der Waals surface area (Å²) in [4.78, 5) is 0. The van der Waals surface area contributed by atoms with Crippen molar-refractivity contribution in [2.24, 2.45) is 17.8 Å². The van der Waals surface area contributed by atoms with Gasteiger partial charge in [-0.05, 0) is 43.4 Å². The lowest BCUT2D eigenvalue weighted by Gasteiger charge is -2.34. The van der Waals surface area contributed by atoms with E-state index in [0.717, 1.165) is 24.7 Å². The van der Waals surface area contributed by atoms with Gasteiger partial charge in [-0.3, -0.25) is 0 Å². The van der Waals surface area contributed by atoms with E-state index in [0.29, 0.717) is 0 Å². The minimum atomic E-state index is -4.21. The summed E-state index contributed by atoms with van der Waals surface area (Å²) in [5, 5.41) is 0. The van der Waals surface area contributed by atoms with E-state index in [-0.39, 0.29) is 11.7 Å². The van der Waals surface area contributed by atoms with Crippen LogP contribution in [-0.2, 0) is 10.2 Å². The molecule has 0 saturated heterocycles. The van der Waals surface area contributed by atoms with E-state index >= 15 is 0 Å². The Hall–Kier alpha value is -0.120. The van der Waals surface area contributed by atoms with E-state index in [2.05, 4.69) is 0 Å². The summed E-state index contributed by atoms with van der Waals surface area (Å²) in [6.07, 6.45) is 4.49. The number of hydrogen-bond donors (Lipinski definition) is 0. The average molecular weight is 192 g/mol. The quantitative estimate of drug-likeness (QED) is 0.638. The summed E-state index contributed by atoms with van der Waals surface area (Å²) in [6.45, 7) is 0.